The molecule has 1 heterocycles. The molecule has 13 heavy (non-hydrogen) atoms. The van der Waals surface area contributed by atoms with Crippen molar-refractivity contribution in [2.45, 2.75) is 0 Å². The standard InChI is InChI=1S/C7H8N4O2/c8-7(12)6-2-1-5(3-9-6)4-10-11-13/h1-4,11,13H,(H2,8,12)/b10-4+. The number of hydrogen-bond acceptors (Lipinski definition) is 5. The molecule has 68 valence electrons. The van der Waals surface area contributed by atoms with Gasteiger partial charge >= 0.3 is 0 Å². The topological polar surface area (TPSA) is 101 Å². The highest BCUT2D eigenvalue weighted by Crippen LogP contribution is 1.96. The van der Waals surface area contributed by atoms with Crippen LogP contribution in [0.3, 0.4) is 0 Å². The van der Waals surface area contributed by atoms with Crippen LogP contribution in [0.15, 0.2) is 23.4 Å². The van der Waals surface area contributed by atoms with Crippen molar-refractivity contribution in [3.8, 4) is 0 Å². The van der Waals surface area contributed by atoms with Gasteiger partial charge in [-0.15, -0.1) is 0 Å². The van der Waals surface area contributed by atoms with Crippen molar-refractivity contribution >= 4 is 12.1 Å². The predicted molar refractivity (Wildman–Crippen MR) is 45.3 cm³/mol. The number of primary amides is 1. The maximum atomic E-state index is 10.6. The van der Waals surface area contributed by atoms with Crippen LogP contribution in [0.2, 0.25) is 0 Å². The number of hydrazone groups is 1. The van der Waals surface area contributed by atoms with E-state index in [1.807, 2.05) is 0 Å². The van der Waals surface area contributed by atoms with Gasteiger partial charge in [0, 0.05) is 11.8 Å². The highest BCUT2D eigenvalue weighted by Gasteiger charge is 1.99. The third-order valence-electron chi connectivity index (χ3n) is 1.31. The minimum Gasteiger partial charge on any atom is -0.364 e. The largest absolute Gasteiger partial charge is 0.364 e. The van der Waals surface area contributed by atoms with Gasteiger partial charge in [0.25, 0.3) is 5.91 Å². The van der Waals surface area contributed by atoms with E-state index in [0.717, 1.165) is 0 Å². The highest BCUT2D eigenvalue weighted by atomic mass is 16.5. The lowest BCUT2D eigenvalue weighted by atomic mass is 10.2. The third-order valence-corrected chi connectivity index (χ3v) is 1.31. The summed E-state index contributed by atoms with van der Waals surface area (Å²) in [6.45, 7) is 0. The van der Waals surface area contributed by atoms with E-state index in [2.05, 4.69) is 10.1 Å². The first-order valence-electron chi connectivity index (χ1n) is 3.42. The number of amides is 1. The van der Waals surface area contributed by atoms with E-state index >= 15 is 0 Å². The van der Waals surface area contributed by atoms with Crippen molar-refractivity contribution in [1.82, 2.24) is 10.6 Å². The number of carbonyl (C=O) groups excluding carboxylic acids is 1. The summed E-state index contributed by atoms with van der Waals surface area (Å²) in [5, 5.41) is 11.5. The number of hydrogen-bond donors (Lipinski definition) is 3. The van der Waals surface area contributed by atoms with Crippen LogP contribution in [-0.4, -0.2) is 22.3 Å². The molecule has 0 aromatic carbocycles. The molecule has 0 atom stereocenters. The molecule has 0 fully saturated rings. The molecule has 1 rings (SSSR count). The van der Waals surface area contributed by atoms with Gasteiger partial charge in [-0.25, -0.2) is 0 Å². The summed E-state index contributed by atoms with van der Waals surface area (Å²) in [6, 6.07) is 3.08. The molecule has 0 saturated heterocycles. The highest BCUT2D eigenvalue weighted by molar-refractivity contribution is 5.91. The fourth-order valence-electron chi connectivity index (χ4n) is 0.731. The number of carbonyl (C=O) groups is 1. The molecule has 0 aliphatic rings. The Hall–Kier alpha value is -1.95. The molecule has 0 unspecified atom stereocenters. The summed E-state index contributed by atoms with van der Waals surface area (Å²) < 4.78 is 0. The first-order valence-corrected chi connectivity index (χ1v) is 3.42. The van der Waals surface area contributed by atoms with Gasteiger partial charge in [0.2, 0.25) is 0 Å². The SMILES string of the molecule is NC(=O)c1ccc(/C=N/NO)cn1. The minimum absolute atomic E-state index is 0.189. The molecule has 6 nitrogen and oxygen atoms in total. The van der Waals surface area contributed by atoms with Crippen molar-refractivity contribution in [2.75, 3.05) is 0 Å². The van der Waals surface area contributed by atoms with Crippen LogP contribution in [0.5, 0.6) is 0 Å². The fourth-order valence-corrected chi connectivity index (χ4v) is 0.731. The normalized spacial score (nSPS) is 10.2. The van der Waals surface area contributed by atoms with E-state index in [4.69, 9.17) is 10.9 Å². The average Bonchev–Trinajstić information content (AvgIpc) is 2.15. The van der Waals surface area contributed by atoms with Crippen molar-refractivity contribution < 1.29 is 10.0 Å². The second kappa shape index (κ2) is 4.17. The van der Waals surface area contributed by atoms with Gasteiger partial charge in [-0.1, -0.05) is 0 Å². The second-order valence-electron chi connectivity index (χ2n) is 2.20. The van der Waals surface area contributed by atoms with Crippen LogP contribution < -0.4 is 11.3 Å². The zero-order valence-corrected chi connectivity index (χ0v) is 6.64. The molecule has 4 N–H and O–H groups in total. The van der Waals surface area contributed by atoms with E-state index in [1.165, 1.54) is 18.5 Å². The minimum atomic E-state index is -0.580. The molecule has 0 aliphatic carbocycles. The molecular formula is C7H8N4O2. The van der Waals surface area contributed by atoms with Crippen LogP contribution in [-0.2, 0) is 0 Å². The molecule has 0 spiro atoms. The van der Waals surface area contributed by atoms with Gasteiger partial charge in [-0.2, -0.15) is 10.7 Å². The lowest BCUT2D eigenvalue weighted by Crippen LogP contribution is -2.12. The van der Waals surface area contributed by atoms with Crippen molar-refractivity contribution in [3.63, 3.8) is 0 Å². The number of nitrogens with zero attached hydrogens (tertiary/aromatic N) is 2. The number of pyridine rings is 1. The summed E-state index contributed by atoms with van der Waals surface area (Å²) in [7, 11) is 0. The number of aromatic nitrogens is 1. The molecule has 1 aromatic heterocycles. The lowest BCUT2D eigenvalue weighted by molar-refractivity contribution is 0.0995. The van der Waals surface area contributed by atoms with Gasteiger partial charge in [0.15, 0.2) is 0 Å². The van der Waals surface area contributed by atoms with Crippen LogP contribution in [0.1, 0.15) is 16.1 Å². The first kappa shape index (κ1) is 9.14. The van der Waals surface area contributed by atoms with Gasteiger partial charge < -0.3 is 5.73 Å². The van der Waals surface area contributed by atoms with E-state index in [-0.39, 0.29) is 5.69 Å². The van der Waals surface area contributed by atoms with Gasteiger partial charge in [0.05, 0.1) is 6.21 Å². The van der Waals surface area contributed by atoms with Gasteiger partial charge in [0.1, 0.15) is 5.69 Å². The fraction of sp³-hybridized carbons (Fsp3) is 0. The number of nitrogens with one attached hydrogen (secondary N) is 1. The molecule has 0 radical (unpaired) electrons. The van der Waals surface area contributed by atoms with Gasteiger partial charge in [-0.05, 0) is 12.1 Å². The van der Waals surface area contributed by atoms with Crippen molar-refractivity contribution in [2.24, 2.45) is 10.8 Å². The predicted octanol–water partition coefficient (Wildman–Crippen LogP) is -0.507. The van der Waals surface area contributed by atoms with Crippen LogP contribution in [0.4, 0.5) is 0 Å². The van der Waals surface area contributed by atoms with Crippen LogP contribution >= 0.6 is 0 Å². The smallest absolute Gasteiger partial charge is 0.267 e. The monoisotopic (exact) mass is 180 g/mol. The molecular weight excluding hydrogens is 172 g/mol. The van der Waals surface area contributed by atoms with Crippen molar-refractivity contribution in [3.05, 3.63) is 29.6 Å². The summed E-state index contributed by atoms with van der Waals surface area (Å²) in [4.78, 5) is 14.4. The Bertz CT molecular complexity index is 320. The van der Waals surface area contributed by atoms with Crippen LogP contribution in [0.25, 0.3) is 0 Å². The van der Waals surface area contributed by atoms with E-state index < -0.39 is 5.91 Å². The maximum absolute atomic E-state index is 10.6. The summed E-state index contributed by atoms with van der Waals surface area (Å²) in [6.07, 6.45) is 2.76. The molecule has 1 aromatic rings. The first-order chi connectivity index (χ1) is 6.24. The maximum Gasteiger partial charge on any atom is 0.267 e. The quantitative estimate of drug-likeness (QED) is 0.431. The van der Waals surface area contributed by atoms with Gasteiger partial charge in [-0.3, -0.25) is 15.0 Å². The van der Waals surface area contributed by atoms with E-state index in [9.17, 15) is 4.79 Å². The number of nitrogens with two attached hydrogens (primary N) is 1. The second-order valence-corrected chi connectivity index (χ2v) is 2.20. The molecule has 6 heteroatoms. The third kappa shape index (κ3) is 2.53. The molecule has 0 saturated carbocycles. The Kier molecular flexibility index (Phi) is 2.93. The zero-order valence-electron chi connectivity index (χ0n) is 6.64. The zero-order chi connectivity index (χ0) is 9.68. The summed E-state index contributed by atoms with van der Waals surface area (Å²) >= 11 is 0. The van der Waals surface area contributed by atoms with Crippen molar-refractivity contribution in [1.29, 1.82) is 0 Å². The number of rotatable bonds is 3. The Morgan fingerprint density at radius 2 is 2.46 bits per heavy atom. The molecule has 0 aliphatic heterocycles. The molecule has 1 amide bonds. The summed E-state index contributed by atoms with van der Waals surface area (Å²) in [5.74, 6) is -0.580. The van der Waals surface area contributed by atoms with Crippen LogP contribution in [0, 0.1) is 0 Å². The average molecular weight is 180 g/mol. The molecule has 0 bridgehead atoms. The Balaban J connectivity index is 2.81. The van der Waals surface area contributed by atoms with E-state index in [0.29, 0.717) is 5.56 Å². The van der Waals surface area contributed by atoms with E-state index in [1.54, 1.807) is 11.7 Å². The lowest BCUT2D eigenvalue weighted by Gasteiger charge is -1.94. The summed E-state index contributed by atoms with van der Waals surface area (Å²) in [5.41, 5.74) is 7.41. The Morgan fingerprint density at radius 3 is 2.92 bits per heavy atom. The Labute approximate surface area is 74.0 Å². The Morgan fingerprint density at radius 1 is 1.69 bits per heavy atom.